The highest BCUT2D eigenvalue weighted by Crippen LogP contribution is 2.17. The second kappa shape index (κ2) is 5.55. The molecule has 2 aromatic carbocycles. The molecule has 3 aromatic rings. The summed E-state index contributed by atoms with van der Waals surface area (Å²) in [7, 11) is 0. The molecule has 0 atom stereocenters. The highest BCUT2D eigenvalue weighted by molar-refractivity contribution is 5.94. The largest absolute Gasteiger partial charge is 0.441 e. The van der Waals surface area contributed by atoms with Crippen molar-refractivity contribution in [2.45, 2.75) is 13.5 Å². The van der Waals surface area contributed by atoms with E-state index in [9.17, 15) is 13.6 Å². The summed E-state index contributed by atoms with van der Waals surface area (Å²) in [5, 5.41) is 2.64. The van der Waals surface area contributed by atoms with Crippen molar-refractivity contribution in [1.29, 1.82) is 0 Å². The van der Waals surface area contributed by atoms with E-state index in [4.69, 9.17) is 4.42 Å². The number of nitrogens with zero attached hydrogens (tertiary/aromatic N) is 1. The molecular weight excluding hydrogens is 290 g/mol. The lowest BCUT2D eigenvalue weighted by atomic mass is 10.1. The summed E-state index contributed by atoms with van der Waals surface area (Å²) >= 11 is 0. The van der Waals surface area contributed by atoms with Crippen molar-refractivity contribution in [1.82, 2.24) is 10.3 Å². The SMILES string of the molecule is Cc1nc2ccc(CNC(=O)c3ccc(F)c(F)c3)cc2o1. The van der Waals surface area contributed by atoms with E-state index in [1.54, 1.807) is 19.1 Å². The van der Waals surface area contributed by atoms with Gasteiger partial charge in [-0.15, -0.1) is 0 Å². The third-order valence-corrected chi connectivity index (χ3v) is 3.19. The van der Waals surface area contributed by atoms with E-state index in [-0.39, 0.29) is 12.1 Å². The van der Waals surface area contributed by atoms with Crippen LogP contribution in [0.4, 0.5) is 8.78 Å². The number of hydrogen-bond donors (Lipinski definition) is 1. The lowest BCUT2D eigenvalue weighted by Crippen LogP contribution is -2.22. The molecule has 112 valence electrons. The standard InChI is InChI=1S/C16H12F2N2O2/c1-9-20-14-5-2-10(6-15(14)22-9)8-19-16(21)11-3-4-12(17)13(18)7-11/h2-7H,8H2,1H3,(H,19,21). The van der Waals surface area contributed by atoms with Gasteiger partial charge in [0.2, 0.25) is 0 Å². The van der Waals surface area contributed by atoms with Crippen molar-refractivity contribution < 1.29 is 18.0 Å². The van der Waals surface area contributed by atoms with Crippen LogP contribution in [0.2, 0.25) is 0 Å². The molecule has 1 heterocycles. The number of hydrogen-bond acceptors (Lipinski definition) is 3. The summed E-state index contributed by atoms with van der Waals surface area (Å²) < 4.78 is 31.4. The van der Waals surface area contributed by atoms with Crippen molar-refractivity contribution in [2.75, 3.05) is 0 Å². The van der Waals surface area contributed by atoms with Crippen LogP contribution in [0.15, 0.2) is 40.8 Å². The fourth-order valence-electron chi connectivity index (χ4n) is 2.12. The Hall–Kier alpha value is -2.76. The van der Waals surface area contributed by atoms with Crippen molar-refractivity contribution in [3.05, 3.63) is 65.1 Å². The molecule has 1 N–H and O–H groups in total. The molecule has 0 radical (unpaired) electrons. The molecule has 0 aliphatic rings. The molecule has 0 saturated carbocycles. The van der Waals surface area contributed by atoms with Crippen LogP contribution in [-0.2, 0) is 6.54 Å². The number of oxazole rings is 1. The van der Waals surface area contributed by atoms with Crippen LogP contribution < -0.4 is 5.32 Å². The first kappa shape index (κ1) is 14.2. The van der Waals surface area contributed by atoms with E-state index in [1.807, 2.05) is 6.07 Å². The van der Waals surface area contributed by atoms with Crippen LogP contribution in [-0.4, -0.2) is 10.9 Å². The van der Waals surface area contributed by atoms with Crippen LogP contribution >= 0.6 is 0 Å². The summed E-state index contributed by atoms with van der Waals surface area (Å²) in [4.78, 5) is 16.1. The van der Waals surface area contributed by atoms with Gasteiger partial charge in [-0.3, -0.25) is 4.79 Å². The second-order valence-corrected chi connectivity index (χ2v) is 4.85. The van der Waals surface area contributed by atoms with Gasteiger partial charge in [0, 0.05) is 19.0 Å². The number of rotatable bonds is 3. The molecule has 22 heavy (non-hydrogen) atoms. The molecule has 0 aliphatic carbocycles. The molecule has 6 heteroatoms. The molecule has 4 nitrogen and oxygen atoms in total. The highest BCUT2D eigenvalue weighted by atomic mass is 19.2. The van der Waals surface area contributed by atoms with E-state index in [1.165, 1.54) is 6.07 Å². The lowest BCUT2D eigenvalue weighted by molar-refractivity contribution is 0.0950. The Morgan fingerprint density at radius 3 is 2.77 bits per heavy atom. The van der Waals surface area contributed by atoms with Crippen LogP contribution in [0, 0.1) is 18.6 Å². The van der Waals surface area contributed by atoms with Gasteiger partial charge in [-0.2, -0.15) is 0 Å². The Balaban J connectivity index is 1.72. The minimum Gasteiger partial charge on any atom is -0.441 e. The maximum Gasteiger partial charge on any atom is 0.251 e. The number of fused-ring (bicyclic) bond motifs is 1. The van der Waals surface area contributed by atoms with Gasteiger partial charge in [0.1, 0.15) is 5.52 Å². The predicted molar refractivity (Wildman–Crippen MR) is 76.3 cm³/mol. The average molecular weight is 302 g/mol. The van der Waals surface area contributed by atoms with Gasteiger partial charge in [-0.1, -0.05) is 6.07 Å². The molecular formula is C16H12F2N2O2. The van der Waals surface area contributed by atoms with Gasteiger partial charge in [0.25, 0.3) is 5.91 Å². The fourth-order valence-corrected chi connectivity index (χ4v) is 2.12. The number of carbonyl (C=O) groups excluding carboxylic acids is 1. The van der Waals surface area contributed by atoms with Crippen LogP contribution in [0.5, 0.6) is 0 Å². The van der Waals surface area contributed by atoms with Crippen LogP contribution in [0.1, 0.15) is 21.8 Å². The van der Waals surface area contributed by atoms with Crippen LogP contribution in [0.25, 0.3) is 11.1 Å². The van der Waals surface area contributed by atoms with Gasteiger partial charge in [-0.05, 0) is 35.9 Å². The summed E-state index contributed by atoms with van der Waals surface area (Å²) in [5.74, 6) is -1.94. The molecule has 1 amide bonds. The zero-order chi connectivity index (χ0) is 15.7. The van der Waals surface area contributed by atoms with E-state index < -0.39 is 17.5 Å². The highest BCUT2D eigenvalue weighted by Gasteiger charge is 2.10. The van der Waals surface area contributed by atoms with E-state index >= 15 is 0 Å². The zero-order valence-corrected chi connectivity index (χ0v) is 11.7. The molecule has 0 aliphatic heterocycles. The number of aromatic nitrogens is 1. The summed E-state index contributed by atoms with van der Waals surface area (Å²) in [6, 6.07) is 8.42. The summed E-state index contributed by atoms with van der Waals surface area (Å²) in [6.45, 7) is 2.00. The number of amides is 1. The smallest absolute Gasteiger partial charge is 0.251 e. The van der Waals surface area contributed by atoms with E-state index in [0.717, 1.165) is 23.2 Å². The molecule has 0 saturated heterocycles. The number of carbonyl (C=O) groups is 1. The quantitative estimate of drug-likeness (QED) is 0.807. The average Bonchev–Trinajstić information content (AvgIpc) is 2.86. The molecule has 1 aromatic heterocycles. The molecule has 0 fully saturated rings. The van der Waals surface area contributed by atoms with Gasteiger partial charge < -0.3 is 9.73 Å². The molecule has 3 rings (SSSR count). The summed E-state index contributed by atoms with van der Waals surface area (Å²) in [6.07, 6.45) is 0. The second-order valence-electron chi connectivity index (χ2n) is 4.85. The van der Waals surface area contributed by atoms with Gasteiger partial charge in [0.15, 0.2) is 23.1 Å². The van der Waals surface area contributed by atoms with Crippen molar-refractivity contribution in [3.8, 4) is 0 Å². The minimum absolute atomic E-state index is 0.0653. The predicted octanol–water partition coefficient (Wildman–Crippen LogP) is 3.34. The maximum atomic E-state index is 13.1. The summed E-state index contributed by atoms with van der Waals surface area (Å²) in [5.41, 5.74) is 2.26. The Labute approximate surface area is 124 Å². The maximum absolute atomic E-state index is 13.1. The lowest BCUT2D eigenvalue weighted by Gasteiger charge is -2.05. The minimum atomic E-state index is -1.05. The molecule has 0 bridgehead atoms. The van der Waals surface area contributed by atoms with E-state index in [2.05, 4.69) is 10.3 Å². The Morgan fingerprint density at radius 2 is 2.00 bits per heavy atom. The monoisotopic (exact) mass is 302 g/mol. The van der Waals surface area contributed by atoms with Gasteiger partial charge >= 0.3 is 0 Å². The van der Waals surface area contributed by atoms with Crippen molar-refractivity contribution in [3.63, 3.8) is 0 Å². The van der Waals surface area contributed by atoms with Gasteiger partial charge in [-0.25, -0.2) is 13.8 Å². The molecule has 0 unspecified atom stereocenters. The normalized spacial score (nSPS) is 10.9. The van der Waals surface area contributed by atoms with Crippen molar-refractivity contribution in [2.24, 2.45) is 0 Å². The number of nitrogens with one attached hydrogen (secondary N) is 1. The van der Waals surface area contributed by atoms with Crippen molar-refractivity contribution >= 4 is 17.0 Å². The zero-order valence-electron chi connectivity index (χ0n) is 11.7. The van der Waals surface area contributed by atoms with Gasteiger partial charge in [0.05, 0.1) is 0 Å². The Kier molecular flexibility index (Phi) is 3.58. The third-order valence-electron chi connectivity index (χ3n) is 3.19. The first-order chi connectivity index (χ1) is 10.5. The Bertz CT molecular complexity index is 858. The number of aryl methyl sites for hydroxylation is 1. The number of benzene rings is 2. The fraction of sp³-hybridized carbons (Fsp3) is 0.125. The third kappa shape index (κ3) is 2.81. The first-order valence-electron chi connectivity index (χ1n) is 6.62. The van der Waals surface area contributed by atoms with Crippen LogP contribution in [0.3, 0.4) is 0 Å². The number of halogens is 2. The first-order valence-corrected chi connectivity index (χ1v) is 6.62. The topological polar surface area (TPSA) is 55.1 Å². The Morgan fingerprint density at radius 1 is 1.18 bits per heavy atom. The molecule has 0 spiro atoms. The van der Waals surface area contributed by atoms with E-state index in [0.29, 0.717) is 11.5 Å².